The van der Waals surface area contributed by atoms with Gasteiger partial charge in [-0.25, -0.2) is 4.98 Å². The van der Waals surface area contributed by atoms with Gasteiger partial charge in [-0.1, -0.05) is 22.0 Å². The summed E-state index contributed by atoms with van der Waals surface area (Å²) in [6.07, 6.45) is 1.46. The van der Waals surface area contributed by atoms with Crippen LogP contribution in [0.2, 0.25) is 0 Å². The van der Waals surface area contributed by atoms with Crippen molar-refractivity contribution in [1.82, 2.24) is 4.98 Å². The molecule has 0 radical (unpaired) electrons. The van der Waals surface area contributed by atoms with E-state index in [4.69, 9.17) is 4.74 Å². The summed E-state index contributed by atoms with van der Waals surface area (Å²) in [7, 11) is 0. The number of anilines is 1. The predicted molar refractivity (Wildman–Crippen MR) is 102 cm³/mol. The Balaban J connectivity index is 1.68. The molecule has 0 aliphatic rings. The number of hydrogen-bond acceptors (Lipinski definition) is 6. The molecule has 9 heteroatoms. The molecule has 1 N–H and O–H groups in total. The van der Waals surface area contributed by atoms with Gasteiger partial charge in [0.05, 0.1) is 26.6 Å². The Labute approximate surface area is 160 Å². The van der Waals surface area contributed by atoms with Crippen molar-refractivity contribution in [2.45, 2.75) is 6.92 Å². The van der Waals surface area contributed by atoms with Gasteiger partial charge in [-0.3, -0.25) is 14.9 Å². The first-order valence-corrected chi connectivity index (χ1v) is 8.99. The van der Waals surface area contributed by atoms with Crippen LogP contribution in [0.5, 0.6) is 11.6 Å². The van der Waals surface area contributed by atoms with E-state index in [0.29, 0.717) is 22.2 Å². The number of halogens is 1. The van der Waals surface area contributed by atoms with Crippen LogP contribution in [0.25, 0.3) is 0 Å². The summed E-state index contributed by atoms with van der Waals surface area (Å²) in [5, 5.41) is 13.5. The van der Waals surface area contributed by atoms with E-state index in [1.165, 1.54) is 12.3 Å². The van der Waals surface area contributed by atoms with E-state index >= 15 is 0 Å². The molecule has 7 nitrogen and oxygen atoms in total. The molecule has 0 atom stereocenters. The van der Waals surface area contributed by atoms with Gasteiger partial charge in [0.25, 0.3) is 11.6 Å². The number of aryl methyl sites for hydroxylation is 1. The van der Waals surface area contributed by atoms with E-state index in [0.717, 1.165) is 15.8 Å². The Kier molecular flexibility index (Phi) is 5.29. The summed E-state index contributed by atoms with van der Waals surface area (Å²) in [5.74, 6) is 0.586. The second-order valence-electron chi connectivity index (χ2n) is 5.21. The molecule has 1 aromatic carbocycles. The van der Waals surface area contributed by atoms with Crippen molar-refractivity contribution in [2.24, 2.45) is 0 Å². The predicted octanol–water partition coefficient (Wildman–Crippen LogP) is 5.17. The molecular formula is C17H12BrN3O4S. The molecule has 0 aliphatic carbocycles. The minimum atomic E-state index is -0.502. The summed E-state index contributed by atoms with van der Waals surface area (Å²) in [6.45, 7) is 1.61. The molecule has 0 fully saturated rings. The molecule has 0 spiro atoms. The normalized spacial score (nSPS) is 10.4. The summed E-state index contributed by atoms with van der Waals surface area (Å²) in [5.41, 5.74) is 0.404. The van der Waals surface area contributed by atoms with Gasteiger partial charge in [0.2, 0.25) is 5.88 Å². The summed E-state index contributed by atoms with van der Waals surface area (Å²) in [6, 6.07) is 11.9. The fourth-order valence-electron chi connectivity index (χ4n) is 2.12. The van der Waals surface area contributed by atoms with Crippen LogP contribution in [0.15, 0.2) is 53.1 Å². The molecule has 3 rings (SSSR count). The highest BCUT2D eigenvalue weighted by molar-refractivity contribution is 9.10. The summed E-state index contributed by atoms with van der Waals surface area (Å²) >= 11 is 4.44. The molecule has 0 saturated carbocycles. The summed E-state index contributed by atoms with van der Waals surface area (Å²) in [4.78, 5) is 27.5. The number of rotatable bonds is 5. The number of nitro groups is 1. The number of ether oxygens (including phenoxy) is 1. The fourth-order valence-corrected chi connectivity index (χ4v) is 3.38. The van der Waals surface area contributed by atoms with Crippen molar-refractivity contribution in [3.05, 3.63) is 73.0 Å². The van der Waals surface area contributed by atoms with Crippen LogP contribution in [-0.4, -0.2) is 15.8 Å². The number of nitrogens with zero attached hydrogens (tertiary/aromatic N) is 2. The molecule has 132 valence electrons. The monoisotopic (exact) mass is 433 g/mol. The highest BCUT2D eigenvalue weighted by Gasteiger charge is 2.19. The lowest BCUT2D eigenvalue weighted by Gasteiger charge is -2.07. The van der Waals surface area contributed by atoms with Crippen molar-refractivity contribution in [2.75, 3.05) is 5.32 Å². The summed E-state index contributed by atoms with van der Waals surface area (Å²) < 4.78 is 6.51. The van der Waals surface area contributed by atoms with Gasteiger partial charge in [-0.05, 0) is 31.2 Å². The Hall–Kier alpha value is -2.78. The van der Waals surface area contributed by atoms with Crippen molar-refractivity contribution < 1.29 is 14.5 Å². The highest BCUT2D eigenvalue weighted by atomic mass is 79.9. The standard InChI is InChI=1S/C17H12BrN3O4S/c1-10-14(21(23)24)8-15(26-10)17(22)20-12-5-6-16(19-9-12)25-13-4-2-3-11(18)7-13/h2-9H,1H3,(H,20,22). The maximum atomic E-state index is 12.2. The first-order chi connectivity index (χ1) is 12.4. The number of nitrogens with one attached hydrogen (secondary N) is 1. The lowest BCUT2D eigenvalue weighted by Crippen LogP contribution is -2.10. The zero-order valence-electron chi connectivity index (χ0n) is 13.4. The van der Waals surface area contributed by atoms with Gasteiger partial charge in [-0.15, -0.1) is 11.3 Å². The Bertz CT molecular complexity index is 972. The number of hydrogen-bond donors (Lipinski definition) is 1. The van der Waals surface area contributed by atoms with Crippen LogP contribution in [0.4, 0.5) is 11.4 Å². The van der Waals surface area contributed by atoms with Crippen LogP contribution < -0.4 is 10.1 Å². The van der Waals surface area contributed by atoms with Gasteiger partial charge >= 0.3 is 0 Å². The van der Waals surface area contributed by atoms with E-state index in [2.05, 4.69) is 26.2 Å². The number of pyridine rings is 1. The van der Waals surface area contributed by atoms with E-state index < -0.39 is 10.8 Å². The highest BCUT2D eigenvalue weighted by Crippen LogP contribution is 2.29. The molecule has 2 heterocycles. The number of aromatic nitrogens is 1. The van der Waals surface area contributed by atoms with Crippen molar-refractivity contribution in [3.63, 3.8) is 0 Å². The van der Waals surface area contributed by atoms with Gasteiger partial charge in [0.1, 0.15) is 5.75 Å². The van der Waals surface area contributed by atoms with Crippen molar-refractivity contribution >= 4 is 44.5 Å². The third-order valence-corrected chi connectivity index (χ3v) is 4.86. The number of carbonyl (C=O) groups excluding carboxylic acids is 1. The van der Waals surface area contributed by atoms with Gasteiger partial charge < -0.3 is 10.1 Å². The third kappa shape index (κ3) is 4.24. The van der Waals surface area contributed by atoms with Gasteiger partial charge in [0.15, 0.2) is 0 Å². The molecule has 2 aromatic heterocycles. The minimum Gasteiger partial charge on any atom is -0.439 e. The second-order valence-corrected chi connectivity index (χ2v) is 7.38. The molecule has 0 unspecified atom stereocenters. The zero-order valence-corrected chi connectivity index (χ0v) is 15.8. The molecule has 26 heavy (non-hydrogen) atoms. The minimum absolute atomic E-state index is 0.0592. The largest absolute Gasteiger partial charge is 0.439 e. The van der Waals surface area contributed by atoms with Crippen LogP contribution in [-0.2, 0) is 0 Å². The van der Waals surface area contributed by atoms with E-state index in [1.54, 1.807) is 25.1 Å². The van der Waals surface area contributed by atoms with E-state index in [1.807, 2.05) is 18.2 Å². The molecular weight excluding hydrogens is 422 g/mol. The molecule has 0 saturated heterocycles. The number of benzene rings is 1. The lowest BCUT2D eigenvalue weighted by molar-refractivity contribution is -0.385. The van der Waals surface area contributed by atoms with E-state index in [-0.39, 0.29) is 10.6 Å². The zero-order chi connectivity index (χ0) is 18.7. The molecule has 1 amide bonds. The van der Waals surface area contributed by atoms with Crippen LogP contribution in [0, 0.1) is 17.0 Å². The van der Waals surface area contributed by atoms with Crippen molar-refractivity contribution in [3.8, 4) is 11.6 Å². The smallest absolute Gasteiger partial charge is 0.283 e. The Morgan fingerprint density at radius 1 is 1.31 bits per heavy atom. The maximum absolute atomic E-state index is 12.2. The van der Waals surface area contributed by atoms with Crippen LogP contribution >= 0.6 is 27.3 Å². The molecule has 0 aliphatic heterocycles. The SMILES string of the molecule is Cc1sc(C(=O)Nc2ccc(Oc3cccc(Br)c3)nc2)cc1[N+](=O)[O-]. The third-order valence-electron chi connectivity index (χ3n) is 3.32. The first-order valence-electron chi connectivity index (χ1n) is 7.38. The van der Waals surface area contributed by atoms with Gasteiger partial charge in [0, 0.05) is 16.6 Å². The van der Waals surface area contributed by atoms with Gasteiger partial charge in [-0.2, -0.15) is 0 Å². The number of thiophene rings is 1. The lowest BCUT2D eigenvalue weighted by atomic mass is 10.3. The maximum Gasteiger partial charge on any atom is 0.283 e. The second kappa shape index (κ2) is 7.63. The molecule has 3 aromatic rings. The Morgan fingerprint density at radius 3 is 2.73 bits per heavy atom. The quantitative estimate of drug-likeness (QED) is 0.442. The molecule has 0 bridgehead atoms. The van der Waals surface area contributed by atoms with Crippen molar-refractivity contribution in [1.29, 1.82) is 0 Å². The number of amides is 1. The van der Waals surface area contributed by atoms with Crippen LogP contribution in [0.3, 0.4) is 0 Å². The topological polar surface area (TPSA) is 94.4 Å². The van der Waals surface area contributed by atoms with Crippen LogP contribution in [0.1, 0.15) is 14.5 Å². The average Bonchev–Trinajstić information content (AvgIpc) is 2.99. The Morgan fingerprint density at radius 2 is 2.12 bits per heavy atom. The number of carbonyl (C=O) groups is 1. The first kappa shape index (κ1) is 18.0. The van der Waals surface area contributed by atoms with E-state index in [9.17, 15) is 14.9 Å². The average molecular weight is 434 g/mol. The fraction of sp³-hybridized carbons (Fsp3) is 0.0588.